The van der Waals surface area contributed by atoms with Crippen molar-refractivity contribution in [1.29, 1.82) is 0 Å². The van der Waals surface area contributed by atoms with Crippen LogP contribution in [0, 0.1) is 0 Å². The lowest BCUT2D eigenvalue weighted by atomic mass is 9.74. The number of ether oxygens (including phenoxy) is 2. The topological polar surface area (TPSA) is 75.1 Å². The molecule has 0 aromatic heterocycles. The van der Waals surface area contributed by atoms with Gasteiger partial charge in [0.1, 0.15) is 5.75 Å². The molecule has 0 aliphatic carbocycles. The fraction of sp³-hybridized carbons (Fsp3) is 0.480. The standard InChI is InChI=1S/C25H35N3O3/c1-3-26-24(27-17-21(18-29)20-7-5-4-6-8-20)28-19-25(13-15-31-16-14-25)22-9-11-23(30-2)12-10-22/h4-12,21,29H,3,13-19H2,1-2H3,(H2,26,27,28). The van der Waals surface area contributed by atoms with E-state index in [0.717, 1.165) is 49.9 Å². The third-order valence-electron chi connectivity index (χ3n) is 6.04. The van der Waals surface area contributed by atoms with Crippen LogP contribution in [0.25, 0.3) is 0 Å². The predicted molar refractivity (Wildman–Crippen MR) is 125 cm³/mol. The van der Waals surface area contributed by atoms with Gasteiger partial charge in [-0.2, -0.15) is 0 Å². The van der Waals surface area contributed by atoms with E-state index >= 15 is 0 Å². The lowest BCUT2D eigenvalue weighted by Gasteiger charge is -2.36. The molecule has 1 aliphatic rings. The van der Waals surface area contributed by atoms with E-state index < -0.39 is 0 Å². The average molecular weight is 426 g/mol. The van der Waals surface area contributed by atoms with Crippen molar-refractivity contribution in [3.05, 3.63) is 65.7 Å². The summed E-state index contributed by atoms with van der Waals surface area (Å²) >= 11 is 0. The Hall–Kier alpha value is -2.57. The van der Waals surface area contributed by atoms with Gasteiger partial charge in [-0.05, 0) is 43.0 Å². The summed E-state index contributed by atoms with van der Waals surface area (Å²) in [5.41, 5.74) is 2.34. The molecular formula is C25H35N3O3. The zero-order valence-electron chi connectivity index (χ0n) is 18.6. The first kappa shape index (κ1) is 23.1. The van der Waals surface area contributed by atoms with Gasteiger partial charge < -0.3 is 25.2 Å². The quantitative estimate of drug-likeness (QED) is 0.425. The normalized spacial score (nSPS) is 17.1. The number of aliphatic hydroxyl groups excluding tert-OH is 1. The van der Waals surface area contributed by atoms with E-state index in [0.29, 0.717) is 13.1 Å². The Kier molecular flexibility index (Phi) is 8.74. The molecule has 0 spiro atoms. The molecule has 6 nitrogen and oxygen atoms in total. The highest BCUT2D eigenvalue weighted by Crippen LogP contribution is 2.36. The van der Waals surface area contributed by atoms with Crippen molar-refractivity contribution in [2.45, 2.75) is 31.1 Å². The van der Waals surface area contributed by atoms with Crippen LogP contribution >= 0.6 is 0 Å². The number of nitrogens with one attached hydrogen (secondary N) is 2. The molecule has 3 N–H and O–H groups in total. The summed E-state index contributed by atoms with van der Waals surface area (Å²) in [6.07, 6.45) is 1.87. The van der Waals surface area contributed by atoms with Crippen LogP contribution in [-0.4, -0.2) is 57.6 Å². The molecule has 2 aromatic carbocycles. The first-order chi connectivity index (χ1) is 15.2. The van der Waals surface area contributed by atoms with E-state index in [1.165, 1.54) is 5.56 Å². The molecule has 168 valence electrons. The second kappa shape index (κ2) is 11.7. The van der Waals surface area contributed by atoms with E-state index in [-0.39, 0.29) is 17.9 Å². The molecule has 31 heavy (non-hydrogen) atoms. The Balaban J connectivity index is 1.74. The number of aliphatic hydroxyl groups is 1. The number of nitrogens with zero attached hydrogens (tertiary/aromatic N) is 1. The predicted octanol–water partition coefficient (Wildman–Crippen LogP) is 3.07. The largest absolute Gasteiger partial charge is 0.497 e. The SMILES string of the molecule is CCNC(=NCC1(c2ccc(OC)cc2)CCOCC1)NCC(CO)c1ccccc1. The second-order valence-electron chi connectivity index (χ2n) is 7.99. The summed E-state index contributed by atoms with van der Waals surface area (Å²) in [4.78, 5) is 4.95. The summed E-state index contributed by atoms with van der Waals surface area (Å²) < 4.78 is 11.0. The highest BCUT2D eigenvalue weighted by molar-refractivity contribution is 5.79. The van der Waals surface area contributed by atoms with Crippen molar-refractivity contribution >= 4 is 5.96 Å². The van der Waals surface area contributed by atoms with Crippen molar-refractivity contribution in [3.8, 4) is 5.75 Å². The highest BCUT2D eigenvalue weighted by atomic mass is 16.5. The van der Waals surface area contributed by atoms with Gasteiger partial charge in [0, 0.05) is 37.6 Å². The van der Waals surface area contributed by atoms with Crippen molar-refractivity contribution in [2.75, 3.05) is 46.6 Å². The number of benzene rings is 2. The Morgan fingerprint density at radius 2 is 1.81 bits per heavy atom. The smallest absolute Gasteiger partial charge is 0.191 e. The van der Waals surface area contributed by atoms with Crippen LogP contribution in [0.4, 0.5) is 0 Å². The fourth-order valence-electron chi connectivity index (χ4n) is 4.05. The maximum Gasteiger partial charge on any atom is 0.191 e. The van der Waals surface area contributed by atoms with Crippen LogP contribution in [0.15, 0.2) is 59.6 Å². The summed E-state index contributed by atoms with van der Waals surface area (Å²) in [5.74, 6) is 1.65. The van der Waals surface area contributed by atoms with E-state index in [1.807, 2.05) is 42.5 Å². The molecular weight excluding hydrogens is 390 g/mol. The summed E-state index contributed by atoms with van der Waals surface area (Å²) in [6.45, 7) is 5.70. The molecule has 3 rings (SSSR count). The van der Waals surface area contributed by atoms with Gasteiger partial charge in [0.2, 0.25) is 0 Å². The van der Waals surface area contributed by atoms with Crippen molar-refractivity contribution in [2.24, 2.45) is 4.99 Å². The van der Waals surface area contributed by atoms with Crippen LogP contribution in [0.5, 0.6) is 5.75 Å². The maximum absolute atomic E-state index is 9.86. The summed E-state index contributed by atoms with van der Waals surface area (Å²) in [7, 11) is 1.69. The third-order valence-corrected chi connectivity index (χ3v) is 6.04. The molecule has 6 heteroatoms. The number of methoxy groups -OCH3 is 1. The number of aliphatic imine (C=N–C) groups is 1. The molecule has 1 aliphatic heterocycles. The van der Waals surface area contributed by atoms with Crippen molar-refractivity contribution in [3.63, 3.8) is 0 Å². The molecule has 0 saturated carbocycles. The van der Waals surface area contributed by atoms with Crippen LogP contribution in [0.1, 0.15) is 36.8 Å². The minimum atomic E-state index is -0.0529. The van der Waals surface area contributed by atoms with Gasteiger partial charge in [-0.25, -0.2) is 0 Å². The summed E-state index contributed by atoms with van der Waals surface area (Å²) in [6, 6.07) is 18.4. The van der Waals surface area contributed by atoms with Gasteiger partial charge in [0.25, 0.3) is 0 Å². The molecule has 1 saturated heterocycles. The van der Waals surface area contributed by atoms with Gasteiger partial charge in [-0.15, -0.1) is 0 Å². The fourth-order valence-corrected chi connectivity index (χ4v) is 4.05. The lowest BCUT2D eigenvalue weighted by molar-refractivity contribution is 0.0531. The zero-order chi connectivity index (χ0) is 21.9. The molecule has 1 heterocycles. The molecule has 1 atom stereocenters. The number of hydrogen-bond donors (Lipinski definition) is 3. The van der Waals surface area contributed by atoms with Gasteiger partial charge in [0.05, 0.1) is 20.3 Å². The van der Waals surface area contributed by atoms with Gasteiger partial charge in [-0.1, -0.05) is 42.5 Å². The van der Waals surface area contributed by atoms with E-state index in [4.69, 9.17) is 14.5 Å². The van der Waals surface area contributed by atoms with Crippen LogP contribution in [-0.2, 0) is 10.2 Å². The number of guanidine groups is 1. The molecule has 1 unspecified atom stereocenters. The van der Waals surface area contributed by atoms with Gasteiger partial charge in [-0.3, -0.25) is 4.99 Å². The van der Waals surface area contributed by atoms with Crippen LogP contribution in [0.2, 0.25) is 0 Å². The Bertz CT molecular complexity index is 803. The van der Waals surface area contributed by atoms with Gasteiger partial charge >= 0.3 is 0 Å². The zero-order valence-corrected chi connectivity index (χ0v) is 18.6. The first-order valence-corrected chi connectivity index (χ1v) is 11.1. The van der Waals surface area contributed by atoms with E-state index in [2.05, 4.69) is 29.7 Å². The van der Waals surface area contributed by atoms with E-state index in [9.17, 15) is 5.11 Å². The molecule has 0 bridgehead atoms. The lowest BCUT2D eigenvalue weighted by Crippen LogP contribution is -2.42. The Morgan fingerprint density at radius 3 is 2.42 bits per heavy atom. The first-order valence-electron chi connectivity index (χ1n) is 11.1. The van der Waals surface area contributed by atoms with Crippen LogP contribution in [0.3, 0.4) is 0 Å². The number of rotatable bonds is 9. The monoisotopic (exact) mass is 425 g/mol. The number of hydrogen-bond acceptors (Lipinski definition) is 4. The minimum Gasteiger partial charge on any atom is -0.497 e. The Morgan fingerprint density at radius 1 is 1.10 bits per heavy atom. The summed E-state index contributed by atoms with van der Waals surface area (Å²) in [5, 5.41) is 16.6. The van der Waals surface area contributed by atoms with Gasteiger partial charge in [0.15, 0.2) is 5.96 Å². The van der Waals surface area contributed by atoms with Crippen molar-refractivity contribution < 1.29 is 14.6 Å². The third kappa shape index (κ3) is 6.21. The van der Waals surface area contributed by atoms with E-state index in [1.54, 1.807) is 7.11 Å². The average Bonchev–Trinajstić information content (AvgIpc) is 2.84. The molecule has 2 aromatic rings. The minimum absolute atomic E-state index is 0.0173. The molecule has 1 fully saturated rings. The van der Waals surface area contributed by atoms with Crippen LogP contribution < -0.4 is 15.4 Å². The molecule has 0 amide bonds. The molecule has 0 radical (unpaired) electrons. The second-order valence-corrected chi connectivity index (χ2v) is 7.99. The maximum atomic E-state index is 9.86. The highest BCUT2D eigenvalue weighted by Gasteiger charge is 2.34. The Labute approximate surface area is 185 Å². The van der Waals surface area contributed by atoms with Crippen molar-refractivity contribution in [1.82, 2.24) is 10.6 Å².